The van der Waals surface area contributed by atoms with Crippen molar-refractivity contribution in [3.8, 4) is 0 Å². The average molecular weight is 264 g/mol. The minimum absolute atomic E-state index is 0.307. The van der Waals surface area contributed by atoms with E-state index in [1.54, 1.807) is 0 Å². The molecule has 2 rings (SSSR count). The fourth-order valence-electron chi connectivity index (χ4n) is 2.68. The van der Waals surface area contributed by atoms with Crippen molar-refractivity contribution < 1.29 is 5.11 Å². The highest BCUT2D eigenvalue weighted by Gasteiger charge is 2.19. The lowest BCUT2D eigenvalue weighted by molar-refractivity contribution is 0.173. The van der Waals surface area contributed by atoms with Gasteiger partial charge in [0.2, 0.25) is 0 Å². The predicted octanol–water partition coefficient (Wildman–Crippen LogP) is 4.80. The van der Waals surface area contributed by atoms with Crippen molar-refractivity contribution in [1.82, 2.24) is 0 Å². The molecule has 0 radical (unpaired) electrons. The quantitative estimate of drug-likeness (QED) is 0.843. The molecule has 0 amide bonds. The summed E-state index contributed by atoms with van der Waals surface area (Å²) in [7, 11) is 0. The van der Waals surface area contributed by atoms with Crippen molar-refractivity contribution >= 4 is 11.8 Å². The van der Waals surface area contributed by atoms with Crippen molar-refractivity contribution in [3.63, 3.8) is 0 Å². The Bertz CT molecular complexity index is 360. The zero-order chi connectivity index (χ0) is 13.0. The van der Waals surface area contributed by atoms with Crippen LogP contribution in [-0.2, 0) is 0 Å². The van der Waals surface area contributed by atoms with Gasteiger partial charge in [-0.15, -0.1) is 11.8 Å². The Kier molecular flexibility index (Phi) is 5.13. The fourth-order valence-corrected chi connectivity index (χ4v) is 4.07. The van der Waals surface area contributed by atoms with Gasteiger partial charge >= 0.3 is 0 Å². The molecule has 1 aromatic carbocycles. The Morgan fingerprint density at radius 3 is 2.61 bits per heavy atom. The molecule has 0 aromatic heterocycles. The maximum absolute atomic E-state index is 9.77. The van der Waals surface area contributed by atoms with E-state index in [0.717, 1.165) is 23.2 Å². The van der Waals surface area contributed by atoms with E-state index in [1.807, 2.05) is 18.7 Å². The first-order valence-corrected chi connectivity index (χ1v) is 8.01. The Morgan fingerprint density at radius 1 is 1.28 bits per heavy atom. The molecule has 1 fully saturated rings. The second kappa shape index (κ2) is 6.63. The SMILES string of the molecule is CCC(O)c1ccc(SC2CCCC(C)C2)cc1. The van der Waals surface area contributed by atoms with Crippen LogP contribution in [0.4, 0.5) is 0 Å². The molecule has 3 unspecified atom stereocenters. The second-order valence-electron chi connectivity index (χ2n) is 5.50. The van der Waals surface area contributed by atoms with Crippen LogP contribution in [0.5, 0.6) is 0 Å². The second-order valence-corrected chi connectivity index (χ2v) is 6.88. The molecule has 1 nitrogen and oxygen atoms in total. The van der Waals surface area contributed by atoms with Crippen LogP contribution in [0.3, 0.4) is 0 Å². The lowest BCUT2D eigenvalue weighted by Crippen LogP contribution is -2.14. The topological polar surface area (TPSA) is 20.2 Å². The van der Waals surface area contributed by atoms with E-state index >= 15 is 0 Å². The largest absolute Gasteiger partial charge is 0.388 e. The summed E-state index contributed by atoms with van der Waals surface area (Å²) < 4.78 is 0. The summed E-state index contributed by atoms with van der Waals surface area (Å²) in [4.78, 5) is 1.35. The van der Waals surface area contributed by atoms with E-state index in [1.165, 1.54) is 30.6 Å². The summed E-state index contributed by atoms with van der Waals surface area (Å²) in [5.41, 5.74) is 1.04. The fraction of sp³-hybridized carbons (Fsp3) is 0.625. The van der Waals surface area contributed by atoms with E-state index in [4.69, 9.17) is 0 Å². The molecule has 100 valence electrons. The predicted molar refractivity (Wildman–Crippen MR) is 79.0 cm³/mol. The lowest BCUT2D eigenvalue weighted by atomic mass is 9.91. The number of aliphatic hydroxyl groups excluding tert-OH is 1. The molecule has 1 aliphatic rings. The summed E-state index contributed by atoms with van der Waals surface area (Å²) in [5, 5.41) is 10.6. The van der Waals surface area contributed by atoms with Crippen molar-refractivity contribution in [2.75, 3.05) is 0 Å². The Hall–Kier alpha value is -0.470. The van der Waals surface area contributed by atoms with Crippen LogP contribution >= 0.6 is 11.8 Å². The van der Waals surface area contributed by atoms with Gasteiger partial charge in [-0.3, -0.25) is 0 Å². The minimum Gasteiger partial charge on any atom is -0.388 e. The summed E-state index contributed by atoms with van der Waals surface area (Å²) in [6.45, 7) is 4.38. The van der Waals surface area contributed by atoms with Gasteiger partial charge in [0.05, 0.1) is 6.10 Å². The van der Waals surface area contributed by atoms with Gasteiger partial charge in [-0.25, -0.2) is 0 Å². The van der Waals surface area contributed by atoms with Crippen LogP contribution in [0.15, 0.2) is 29.2 Å². The first-order chi connectivity index (χ1) is 8.69. The third kappa shape index (κ3) is 3.76. The first-order valence-electron chi connectivity index (χ1n) is 7.13. The zero-order valence-electron chi connectivity index (χ0n) is 11.4. The van der Waals surface area contributed by atoms with Gasteiger partial charge in [-0.05, 0) is 42.9 Å². The monoisotopic (exact) mass is 264 g/mol. The lowest BCUT2D eigenvalue weighted by Gasteiger charge is -2.26. The highest BCUT2D eigenvalue weighted by atomic mass is 32.2. The molecule has 0 bridgehead atoms. The molecule has 1 aliphatic carbocycles. The van der Waals surface area contributed by atoms with Gasteiger partial charge in [0.1, 0.15) is 0 Å². The molecule has 1 aromatic rings. The van der Waals surface area contributed by atoms with Crippen molar-refractivity contribution in [2.24, 2.45) is 5.92 Å². The Balaban J connectivity index is 1.93. The van der Waals surface area contributed by atoms with Gasteiger partial charge in [-0.1, -0.05) is 38.8 Å². The molecule has 1 N–H and O–H groups in total. The van der Waals surface area contributed by atoms with Crippen LogP contribution in [0.25, 0.3) is 0 Å². The van der Waals surface area contributed by atoms with Gasteiger partial charge < -0.3 is 5.11 Å². The van der Waals surface area contributed by atoms with Crippen LogP contribution in [-0.4, -0.2) is 10.4 Å². The molecular formula is C16H24OS. The highest BCUT2D eigenvalue weighted by molar-refractivity contribution is 8.00. The Labute approximate surface area is 115 Å². The number of thioether (sulfide) groups is 1. The third-order valence-electron chi connectivity index (χ3n) is 3.84. The number of aliphatic hydroxyl groups is 1. The van der Waals surface area contributed by atoms with E-state index in [0.29, 0.717) is 0 Å². The number of hydrogen-bond donors (Lipinski definition) is 1. The maximum atomic E-state index is 9.77. The van der Waals surface area contributed by atoms with Crippen molar-refractivity contribution in [1.29, 1.82) is 0 Å². The molecule has 0 heterocycles. The van der Waals surface area contributed by atoms with E-state index in [-0.39, 0.29) is 6.10 Å². The third-order valence-corrected chi connectivity index (χ3v) is 5.15. The summed E-state index contributed by atoms with van der Waals surface area (Å²) >= 11 is 2.01. The zero-order valence-corrected chi connectivity index (χ0v) is 12.2. The van der Waals surface area contributed by atoms with Gasteiger partial charge in [-0.2, -0.15) is 0 Å². The van der Waals surface area contributed by atoms with Crippen molar-refractivity contribution in [3.05, 3.63) is 29.8 Å². The summed E-state index contributed by atoms with van der Waals surface area (Å²) in [5.74, 6) is 0.887. The smallest absolute Gasteiger partial charge is 0.0787 e. The molecule has 18 heavy (non-hydrogen) atoms. The molecule has 2 heteroatoms. The normalized spacial score (nSPS) is 25.9. The Morgan fingerprint density at radius 2 is 2.00 bits per heavy atom. The standard InChI is InChI=1S/C16H24OS/c1-3-16(17)13-7-9-14(10-8-13)18-15-6-4-5-12(2)11-15/h7-10,12,15-17H,3-6,11H2,1-2H3. The number of rotatable bonds is 4. The number of benzene rings is 1. The molecule has 1 saturated carbocycles. The van der Waals surface area contributed by atoms with Gasteiger partial charge in [0, 0.05) is 10.1 Å². The molecular weight excluding hydrogens is 240 g/mol. The maximum Gasteiger partial charge on any atom is 0.0787 e. The molecule has 0 aliphatic heterocycles. The molecule has 3 atom stereocenters. The minimum atomic E-state index is -0.307. The van der Waals surface area contributed by atoms with Crippen molar-refractivity contribution in [2.45, 2.75) is 62.2 Å². The van der Waals surface area contributed by atoms with Gasteiger partial charge in [0.25, 0.3) is 0 Å². The van der Waals surface area contributed by atoms with Crippen LogP contribution in [0.1, 0.15) is 57.6 Å². The van der Waals surface area contributed by atoms with E-state index < -0.39 is 0 Å². The van der Waals surface area contributed by atoms with E-state index in [2.05, 4.69) is 31.2 Å². The summed E-state index contributed by atoms with van der Waals surface area (Å²) in [6, 6.07) is 8.47. The number of hydrogen-bond acceptors (Lipinski definition) is 2. The van der Waals surface area contributed by atoms with Crippen LogP contribution in [0.2, 0.25) is 0 Å². The molecule has 0 spiro atoms. The van der Waals surface area contributed by atoms with Crippen LogP contribution < -0.4 is 0 Å². The highest BCUT2D eigenvalue weighted by Crippen LogP contribution is 2.36. The van der Waals surface area contributed by atoms with E-state index in [9.17, 15) is 5.11 Å². The summed E-state index contributed by atoms with van der Waals surface area (Å²) in [6.07, 6.45) is 5.97. The van der Waals surface area contributed by atoms with Crippen LogP contribution in [0, 0.1) is 5.92 Å². The average Bonchev–Trinajstić information content (AvgIpc) is 2.39. The molecule has 0 saturated heterocycles. The van der Waals surface area contributed by atoms with Gasteiger partial charge in [0.15, 0.2) is 0 Å². The first kappa shape index (κ1) is 14.0.